The number of ketones is 1. The fourth-order valence-corrected chi connectivity index (χ4v) is 9.11. The van der Waals surface area contributed by atoms with Gasteiger partial charge >= 0.3 is 19.1 Å². The summed E-state index contributed by atoms with van der Waals surface area (Å²) in [6.45, 7) is 8.09. The zero-order chi connectivity index (χ0) is 28.6. The highest BCUT2D eigenvalue weighted by Crippen LogP contribution is 2.68. The summed E-state index contributed by atoms with van der Waals surface area (Å²) in [7, 11) is -1.38. The van der Waals surface area contributed by atoms with Gasteiger partial charge in [-0.2, -0.15) is 0 Å². The third-order valence-electron chi connectivity index (χ3n) is 11.5. The van der Waals surface area contributed by atoms with Gasteiger partial charge in [-0.3, -0.25) is 9.59 Å². The Labute approximate surface area is 234 Å². The van der Waals surface area contributed by atoms with E-state index in [2.05, 4.69) is 27.7 Å². The van der Waals surface area contributed by atoms with E-state index < -0.39 is 42.4 Å². The number of halogens is 1. The molecule has 8 nitrogen and oxygen atoms in total. The number of rotatable bonds is 4. The molecule has 2 bridgehead atoms. The highest BCUT2D eigenvalue weighted by Gasteiger charge is 2.69. The van der Waals surface area contributed by atoms with Gasteiger partial charge in [0.2, 0.25) is 0 Å². The molecule has 0 radical (unpaired) electrons. The lowest BCUT2D eigenvalue weighted by Gasteiger charge is -2.63. The van der Waals surface area contributed by atoms with Gasteiger partial charge in [-0.1, -0.05) is 33.8 Å². The van der Waals surface area contributed by atoms with Crippen LogP contribution in [0.25, 0.3) is 0 Å². The maximum atomic E-state index is 15.0. The lowest BCUT2D eigenvalue weighted by molar-refractivity contribution is -0.227. The molecule has 1 aromatic rings. The van der Waals surface area contributed by atoms with Gasteiger partial charge in [0.25, 0.3) is 0 Å². The number of ether oxygens (including phenoxy) is 3. The molecule has 2 aliphatic heterocycles. The summed E-state index contributed by atoms with van der Waals surface area (Å²) in [6.07, 6.45) is 3.40. The summed E-state index contributed by atoms with van der Waals surface area (Å²) >= 11 is 0. The maximum Gasteiger partial charge on any atom is 0.494 e. The molecule has 0 spiro atoms. The van der Waals surface area contributed by atoms with Crippen molar-refractivity contribution in [2.75, 3.05) is 6.61 Å². The fourth-order valence-electron chi connectivity index (χ4n) is 9.11. The van der Waals surface area contributed by atoms with Crippen molar-refractivity contribution in [3.8, 4) is 5.75 Å². The summed E-state index contributed by atoms with van der Waals surface area (Å²) in [6, 6.07) is 3.02. The number of carbonyl (C=O) groups is 3. The minimum atomic E-state index is -1.38. The molecule has 8 atom stereocenters. The van der Waals surface area contributed by atoms with Crippen LogP contribution in [0.1, 0.15) is 78.2 Å². The van der Waals surface area contributed by atoms with Gasteiger partial charge in [-0.05, 0) is 55.1 Å². The van der Waals surface area contributed by atoms with E-state index >= 15 is 4.39 Å². The quantitative estimate of drug-likeness (QED) is 0.444. The number of hydrogen-bond acceptors (Lipinski definition) is 8. The molecule has 2 heterocycles. The van der Waals surface area contributed by atoms with Crippen LogP contribution in [-0.2, 0) is 35.1 Å². The molecule has 1 N–H and O–H groups in total. The second-order valence-corrected chi connectivity index (χ2v) is 13.4. The van der Waals surface area contributed by atoms with Crippen LogP contribution in [0.15, 0.2) is 12.1 Å². The second-order valence-electron chi connectivity index (χ2n) is 13.4. The minimum absolute atomic E-state index is 0.00660. The van der Waals surface area contributed by atoms with Crippen LogP contribution in [0.4, 0.5) is 4.39 Å². The van der Waals surface area contributed by atoms with Gasteiger partial charge in [0.1, 0.15) is 18.0 Å². The van der Waals surface area contributed by atoms with Crippen molar-refractivity contribution in [1.29, 1.82) is 0 Å². The molecule has 1 saturated heterocycles. The SMILES string of the molecule is C[C@@H]1CC[C@@]23CCC(=O)[C@H]2[C@]1(C)[C@H](OC(=O)COc1ccc2c(c1F)B(O)OC2)C[C@@]1(C)CCC(=O)O[C@H]1[C@@H]3C. The van der Waals surface area contributed by atoms with E-state index in [0.717, 1.165) is 19.3 Å². The normalized spacial score (nSPS) is 40.4. The van der Waals surface area contributed by atoms with E-state index in [1.165, 1.54) is 6.07 Å². The molecule has 3 saturated carbocycles. The van der Waals surface area contributed by atoms with Gasteiger partial charge in [0.15, 0.2) is 18.2 Å². The molecule has 4 fully saturated rings. The van der Waals surface area contributed by atoms with Crippen molar-refractivity contribution in [1.82, 2.24) is 0 Å². The third-order valence-corrected chi connectivity index (χ3v) is 11.5. The lowest BCUT2D eigenvalue weighted by atomic mass is 9.43. The predicted octanol–water partition coefficient (Wildman–Crippen LogP) is 3.49. The Morgan fingerprint density at radius 1 is 1.18 bits per heavy atom. The smallest absolute Gasteiger partial charge is 0.479 e. The topological polar surface area (TPSA) is 108 Å². The second kappa shape index (κ2) is 9.55. The monoisotopic (exact) mass is 556 g/mol. The number of carbonyl (C=O) groups excluding carboxylic acids is 3. The first-order valence-corrected chi connectivity index (χ1v) is 14.6. The molecule has 0 unspecified atom stereocenters. The predicted molar refractivity (Wildman–Crippen MR) is 142 cm³/mol. The Bertz CT molecular complexity index is 1250. The van der Waals surface area contributed by atoms with Crippen LogP contribution in [0.2, 0.25) is 0 Å². The molecule has 1 aromatic carbocycles. The molecule has 0 amide bonds. The van der Waals surface area contributed by atoms with Crippen LogP contribution in [0.3, 0.4) is 0 Å². The Morgan fingerprint density at radius 3 is 2.73 bits per heavy atom. The van der Waals surface area contributed by atoms with Crippen LogP contribution in [-0.4, -0.2) is 48.7 Å². The largest absolute Gasteiger partial charge is 0.494 e. The Balaban J connectivity index is 1.31. The van der Waals surface area contributed by atoms with Crippen LogP contribution >= 0.6 is 0 Å². The molecular formula is C30H38BFO8. The summed E-state index contributed by atoms with van der Waals surface area (Å²) < 4.78 is 37.9. The maximum absolute atomic E-state index is 15.0. The van der Waals surface area contributed by atoms with E-state index in [0.29, 0.717) is 31.2 Å². The van der Waals surface area contributed by atoms with E-state index in [4.69, 9.17) is 18.9 Å². The molecule has 0 aromatic heterocycles. The first-order chi connectivity index (χ1) is 18.9. The molecule has 40 heavy (non-hydrogen) atoms. The van der Waals surface area contributed by atoms with Crippen LogP contribution in [0.5, 0.6) is 5.75 Å². The number of esters is 2. The molecule has 10 heteroatoms. The van der Waals surface area contributed by atoms with Crippen LogP contribution < -0.4 is 10.2 Å². The van der Waals surface area contributed by atoms with Gasteiger partial charge < -0.3 is 23.9 Å². The highest BCUT2D eigenvalue weighted by atomic mass is 19.1. The van der Waals surface area contributed by atoms with Crippen molar-refractivity contribution in [2.24, 2.45) is 34.0 Å². The third kappa shape index (κ3) is 3.96. The number of benzene rings is 1. The first kappa shape index (κ1) is 27.7. The zero-order valence-corrected chi connectivity index (χ0v) is 23.7. The van der Waals surface area contributed by atoms with E-state index in [-0.39, 0.29) is 58.8 Å². The van der Waals surface area contributed by atoms with Crippen molar-refractivity contribution in [2.45, 2.75) is 91.5 Å². The summed E-state index contributed by atoms with van der Waals surface area (Å²) in [4.78, 5) is 39.5. The average Bonchev–Trinajstić information content (AvgIpc) is 3.47. The summed E-state index contributed by atoms with van der Waals surface area (Å²) in [5, 5.41) is 9.95. The zero-order valence-electron chi connectivity index (χ0n) is 23.7. The van der Waals surface area contributed by atoms with Crippen molar-refractivity contribution in [3.63, 3.8) is 0 Å². The van der Waals surface area contributed by atoms with Crippen molar-refractivity contribution in [3.05, 3.63) is 23.5 Å². The first-order valence-electron chi connectivity index (χ1n) is 14.6. The van der Waals surface area contributed by atoms with Gasteiger partial charge in [0, 0.05) is 41.0 Å². The van der Waals surface area contributed by atoms with Gasteiger partial charge in [0.05, 0.1) is 6.61 Å². The molecule has 216 valence electrons. The van der Waals surface area contributed by atoms with E-state index in [1.54, 1.807) is 6.07 Å². The van der Waals surface area contributed by atoms with Gasteiger partial charge in [-0.25, -0.2) is 9.18 Å². The molecule has 5 aliphatic rings. The highest BCUT2D eigenvalue weighted by molar-refractivity contribution is 6.61. The molecule has 6 rings (SSSR count). The van der Waals surface area contributed by atoms with E-state index in [9.17, 15) is 19.4 Å². The standard InChI is InChI=1S/C30H38BFO8/c1-16-7-11-30-12-8-19(33)26(30)29(16,4)21(13-28(3)10-9-22(34)40-27(28)17(30)2)39-23(35)15-37-20-6-5-18-14-38-31(36)24(18)25(20)32/h5-6,16-17,21,26-27,36H,7-15H2,1-4H3/t16-,17+,21-,26+,27+,28-,29+,30+/m1/s1. The Kier molecular flexibility index (Phi) is 6.61. The fraction of sp³-hybridized carbons (Fsp3) is 0.700. The van der Waals surface area contributed by atoms with Crippen molar-refractivity contribution >= 4 is 30.3 Å². The van der Waals surface area contributed by atoms with Crippen molar-refractivity contribution < 1.29 is 42.7 Å². The minimum Gasteiger partial charge on any atom is -0.479 e. The average molecular weight is 556 g/mol. The molecular weight excluding hydrogens is 518 g/mol. The van der Waals surface area contributed by atoms with Crippen LogP contribution in [0, 0.1) is 39.8 Å². The van der Waals surface area contributed by atoms with Gasteiger partial charge in [-0.15, -0.1) is 0 Å². The Hall–Kier alpha value is -2.46. The lowest BCUT2D eigenvalue weighted by Crippen LogP contribution is -2.64. The number of Topliss-reactive ketones (excluding diaryl/α,β-unsaturated/α-hetero) is 1. The Morgan fingerprint density at radius 2 is 1.95 bits per heavy atom. The number of hydrogen-bond donors (Lipinski definition) is 1. The molecule has 3 aliphatic carbocycles. The van der Waals surface area contributed by atoms with E-state index in [1.807, 2.05) is 0 Å². The summed E-state index contributed by atoms with van der Waals surface area (Å²) in [5.74, 6) is -1.77. The number of fused-ring (bicyclic) bond motifs is 2. The summed E-state index contributed by atoms with van der Waals surface area (Å²) in [5.41, 5.74) is -0.802.